The van der Waals surface area contributed by atoms with Gasteiger partial charge in [-0.25, -0.2) is 0 Å². The second kappa shape index (κ2) is 7.37. The number of methoxy groups -OCH3 is 1. The molecule has 0 spiro atoms. The van der Waals surface area contributed by atoms with Gasteiger partial charge in [-0.15, -0.1) is 12.4 Å². The Labute approximate surface area is 109 Å². The van der Waals surface area contributed by atoms with E-state index in [4.69, 9.17) is 15.6 Å². The number of hydrogen-bond acceptors (Lipinski definition) is 4. The molecule has 1 aromatic rings. The van der Waals surface area contributed by atoms with Crippen LogP contribution in [0.4, 0.5) is 5.69 Å². The van der Waals surface area contributed by atoms with Crippen LogP contribution in [0.25, 0.3) is 0 Å². The molecule has 4 nitrogen and oxygen atoms in total. The van der Waals surface area contributed by atoms with Gasteiger partial charge < -0.3 is 20.5 Å². The van der Waals surface area contributed by atoms with Crippen LogP contribution in [0.15, 0.2) is 18.2 Å². The van der Waals surface area contributed by atoms with Crippen molar-refractivity contribution in [2.45, 2.75) is 12.5 Å². The lowest BCUT2D eigenvalue weighted by atomic mass is 10.0. The molecule has 1 rings (SSSR count). The first-order valence-corrected chi connectivity index (χ1v) is 5.31. The molecule has 0 aliphatic rings. The normalized spacial score (nSPS) is 11.6. The van der Waals surface area contributed by atoms with E-state index in [1.54, 1.807) is 7.11 Å². The second-order valence-electron chi connectivity index (χ2n) is 3.94. The van der Waals surface area contributed by atoms with Crippen LogP contribution in [-0.2, 0) is 0 Å². The third-order valence-corrected chi connectivity index (χ3v) is 2.57. The molecule has 1 unspecified atom stereocenters. The molecule has 5 heteroatoms. The number of nitrogens with zero attached hydrogens (tertiary/aromatic N) is 1. The van der Waals surface area contributed by atoms with E-state index in [1.807, 2.05) is 37.2 Å². The molecule has 1 aromatic carbocycles. The summed E-state index contributed by atoms with van der Waals surface area (Å²) in [6, 6.07) is 5.71. The van der Waals surface area contributed by atoms with Gasteiger partial charge >= 0.3 is 0 Å². The zero-order valence-corrected chi connectivity index (χ0v) is 11.3. The summed E-state index contributed by atoms with van der Waals surface area (Å²) < 4.78 is 5.32. The molecule has 0 aromatic heterocycles. The Morgan fingerprint density at radius 3 is 2.53 bits per heavy atom. The number of hydrogen-bond donors (Lipinski definition) is 2. The number of halogens is 1. The van der Waals surface area contributed by atoms with Crippen LogP contribution in [0.1, 0.15) is 18.0 Å². The number of aliphatic hydroxyl groups excluding tert-OH is 1. The minimum Gasteiger partial charge on any atom is -0.496 e. The number of ether oxygens (including phenoxy) is 1. The average Bonchev–Trinajstić information content (AvgIpc) is 2.28. The maximum absolute atomic E-state index is 8.88. The van der Waals surface area contributed by atoms with Crippen LogP contribution in [-0.4, -0.2) is 32.9 Å². The van der Waals surface area contributed by atoms with Crippen LogP contribution >= 0.6 is 12.4 Å². The van der Waals surface area contributed by atoms with Gasteiger partial charge in [0.25, 0.3) is 0 Å². The van der Waals surface area contributed by atoms with Crippen molar-refractivity contribution >= 4 is 18.1 Å². The average molecular weight is 261 g/mol. The summed E-state index contributed by atoms with van der Waals surface area (Å²) in [7, 11) is 5.58. The Hall–Kier alpha value is -0.970. The summed E-state index contributed by atoms with van der Waals surface area (Å²) in [5.74, 6) is 0.771. The van der Waals surface area contributed by atoms with E-state index >= 15 is 0 Å². The standard InChI is InChI=1S/C12H20N2O2.ClH/c1-14(2)9-4-5-10(11(13)6-7-15)12(8-9)16-3;/h4-5,8,11,15H,6-7,13H2,1-3H3;1H. The van der Waals surface area contributed by atoms with Gasteiger partial charge in [0.1, 0.15) is 5.75 Å². The van der Waals surface area contributed by atoms with E-state index < -0.39 is 0 Å². The number of aliphatic hydroxyl groups is 1. The SMILES string of the molecule is COc1cc(N(C)C)ccc1C(N)CCO.Cl. The highest BCUT2D eigenvalue weighted by Crippen LogP contribution is 2.29. The maximum Gasteiger partial charge on any atom is 0.125 e. The molecule has 0 aliphatic carbocycles. The fourth-order valence-electron chi connectivity index (χ4n) is 1.58. The van der Waals surface area contributed by atoms with E-state index in [9.17, 15) is 0 Å². The van der Waals surface area contributed by atoms with Crippen molar-refractivity contribution in [1.82, 2.24) is 0 Å². The zero-order chi connectivity index (χ0) is 12.1. The number of rotatable bonds is 5. The Morgan fingerprint density at radius 2 is 2.06 bits per heavy atom. The predicted octanol–water partition coefficient (Wildman–Crippen LogP) is 1.57. The topological polar surface area (TPSA) is 58.7 Å². The molecular weight excluding hydrogens is 240 g/mol. The lowest BCUT2D eigenvalue weighted by Gasteiger charge is -2.18. The lowest BCUT2D eigenvalue weighted by Crippen LogP contribution is -2.14. The highest BCUT2D eigenvalue weighted by molar-refractivity contribution is 5.85. The van der Waals surface area contributed by atoms with Crippen LogP contribution in [0, 0.1) is 0 Å². The first kappa shape index (κ1) is 16.0. The van der Waals surface area contributed by atoms with Gasteiger partial charge in [0.15, 0.2) is 0 Å². The smallest absolute Gasteiger partial charge is 0.125 e. The fourth-order valence-corrected chi connectivity index (χ4v) is 1.58. The van der Waals surface area contributed by atoms with Crippen molar-refractivity contribution in [3.8, 4) is 5.75 Å². The lowest BCUT2D eigenvalue weighted by molar-refractivity contribution is 0.275. The predicted molar refractivity (Wildman–Crippen MR) is 73.2 cm³/mol. The molecule has 17 heavy (non-hydrogen) atoms. The molecule has 1 atom stereocenters. The minimum atomic E-state index is -0.184. The van der Waals surface area contributed by atoms with Gasteiger partial charge in [0.05, 0.1) is 7.11 Å². The highest BCUT2D eigenvalue weighted by Gasteiger charge is 2.12. The minimum absolute atomic E-state index is 0. The number of benzene rings is 1. The Balaban J connectivity index is 0.00000256. The molecule has 0 saturated carbocycles. The van der Waals surface area contributed by atoms with Gasteiger partial charge in [0, 0.05) is 44.1 Å². The largest absolute Gasteiger partial charge is 0.496 e. The molecule has 3 N–H and O–H groups in total. The molecule has 98 valence electrons. The maximum atomic E-state index is 8.88. The molecular formula is C12H21ClN2O2. The van der Waals surface area contributed by atoms with Crippen molar-refractivity contribution in [2.24, 2.45) is 5.73 Å². The van der Waals surface area contributed by atoms with Gasteiger partial charge in [-0.3, -0.25) is 0 Å². The molecule has 0 amide bonds. The van der Waals surface area contributed by atoms with E-state index in [2.05, 4.69) is 0 Å². The molecule has 0 saturated heterocycles. The van der Waals surface area contributed by atoms with Gasteiger partial charge in [-0.1, -0.05) is 6.07 Å². The molecule has 0 heterocycles. The quantitative estimate of drug-likeness (QED) is 0.844. The summed E-state index contributed by atoms with van der Waals surface area (Å²) in [4.78, 5) is 2.00. The van der Waals surface area contributed by atoms with Crippen LogP contribution in [0.5, 0.6) is 5.75 Å². The van der Waals surface area contributed by atoms with Gasteiger partial charge in [-0.2, -0.15) is 0 Å². The number of nitrogens with two attached hydrogens (primary N) is 1. The van der Waals surface area contributed by atoms with Gasteiger partial charge in [0.2, 0.25) is 0 Å². The molecule has 0 bridgehead atoms. The summed E-state index contributed by atoms with van der Waals surface area (Å²) >= 11 is 0. The van der Waals surface area contributed by atoms with E-state index in [-0.39, 0.29) is 25.1 Å². The Bertz CT molecular complexity index is 345. The van der Waals surface area contributed by atoms with E-state index in [1.165, 1.54) is 0 Å². The van der Waals surface area contributed by atoms with Crippen molar-refractivity contribution in [2.75, 3.05) is 32.7 Å². The zero-order valence-electron chi connectivity index (χ0n) is 10.5. The van der Waals surface area contributed by atoms with Crippen molar-refractivity contribution in [3.63, 3.8) is 0 Å². The summed E-state index contributed by atoms with van der Waals surface area (Å²) in [5, 5.41) is 8.88. The first-order chi connectivity index (χ1) is 7.60. The van der Waals surface area contributed by atoms with E-state index in [0.717, 1.165) is 17.0 Å². The second-order valence-corrected chi connectivity index (χ2v) is 3.94. The van der Waals surface area contributed by atoms with Crippen molar-refractivity contribution in [1.29, 1.82) is 0 Å². The van der Waals surface area contributed by atoms with E-state index in [0.29, 0.717) is 6.42 Å². The van der Waals surface area contributed by atoms with Crippen LogP contribution in [0.3, 0.4) is 0 Å². The monoisotopic (exact) mass is 260 g/mol. The highest BCUT2D eigenvalue weighted by atomic mass is 35.5. The summed E-state index contributed by atoms with van der Waals surface area (Å²) in [6.45, 7) is 0.0831. The van der Waals surface area contributed by atoms with Crippen molar-refractivity contribution < 1.29 is 9.84 Å². The first-order valence-electron chi connectivity index (χ1n) is 5.31. The Kier molecular flexibility index (Phi) is 6.95. The molecule has 0 radical (unpaired) electrons. The third kappa shape index (κ3) is 4.07. The summed E-state index contributed by atoms with van der Waals surface area (Å²) in [5.41, 5.74) is 7.95. The number of anilines is 1. The Morgan fingerprint density at radius 1 is 1.41 bits per heavy atom. The van der Waals surface area contributed by atoms with Crippen molar-refractivity contribution in [3.05, 3.63) is 23.8 Å². The molecule has 0 aliphatic heterocycles. The third-order valence-electron chi connectivity index (χ3n) is 2.57. The van der Waals surface area contributed by atoms with Crippen LogP contribution in [0.2, 0.25) is 0 Å². The summed E-state index contributed by atoms with van der Waals surface area (Å²) in [6.07, 6.45) is 0.539. The fraction of sp³-hybridized carbons (Fsp3) is 0.500. The van der Waals surface area contributed by atoms with Gasteiger partial charge in [-0.05, 0) is 12.5 Å². The molecule has 0 fully saturated rings. The van der Waals surface area contributed by atoms with Crippen LogP contribution < -0.4 is 15.4 Å².